The molecular formula is C27H18N4O10S2. The summed E-state index contributed by atoms with van der Waals surface area (Å²) in [5.41, 5.74) is -1.11. The van der Waals surface area contributed by atoms with Crippen molar-refractivity contribution in [3.05, 3.63) is 84.4 Å². The molecule has 0 heterocycles. The van der Waals surface area contributed by atoms with Crippen LogP contribution in [0.2, 0.25) is 0 Å². The normalized spacial score (nSPS) is 12.1. The maximum Gasteiger partial charge on any atom is 0.337 e. The molecule has 0 radical (unpaired) electrons. The van der Waals surface area contributed by atoms with Crippen LogP contribution in [0.15, 0.2) is 109 Å². The van der Waals surface area contributed by atoms with Gasteiger partial charge in [-0.3, -0.25) is 4.55 Å². The van der Waals surface area contributed by atoms with Gasteiger partial charge in [0.05, 0.1) is 33.6 Å². The summed E-state index contributed by atoms with van der Waals surface area (Å²) in [7, 11) is -5.05. The zero-order chi connectivity index (χ0) is 30.7. The first kappa shape index (κ1) is 29.5. The zero-order valence-electron chi connectivity index (χ0n) is 21.4. The molecule has 16 heteroatoms. The molecule has 5 aromatic carbocycles. The third-order valence-corrected chi connectivity index (χ3v) is 7.59. The van der Waals surface area contributed by atoms with Crippen molar-refractivity contribution in [3.8, 4) is 11.5 Å². The van der Waals surface area contributed by atoms with Crippen LogP contribution in [0.25, 0.3) is 21.5 Å². The summed E-state index contributed by atoms with van der Waals surface area (Å²) in [6, 6.07) is 20.1. The number of rotatable bonds is 9. The van der Waals surface area contributed by atoms with E-state index in [1.807, 2.05) is 24.3 Å². The van der Waals surface area contributed by atoms with E-state index in [0.29, 0.717) is 17.7 Å². The Morgan fingerprint density at radius 1 is 0.767 bits per heavy atom. The topological polar surface area (TPSA) is 220 Å². The van der Waals surface area contributed by atoms with E-state index in [1.54, 1.807) is 18.2 Å². The molecule has 0 aliphatic rings. The van der Waals surface area contributed by atoms with Gasteiger partial charge in [-0.05, 0) is 41.1 Å². The monoisotopic (exact) mass is 622 g/mol. The lowest BCUT2D eigenvalue weighted by Crippen LogP contribution is -1.99. The standard InChI is InChI=1S/C27H18N4O10S2/c32-25-22-15(12-20(42-41-40-36)23(25)30-28-18-11-5-7-14-6-1-2-8-16(14)18)13-21(43(37,38)39)24(26(22)33)31-29-19-10-4-3-9-17(19)27(34)35/h1-13,32-33,36H,(H,34,35)(H,37,38,39). The van der Waals surface area contributed by atoms with Gasteiger partial charge < -0.3 is 15.3 Å². The van der Waals surface area contributed by atoms with E-state index in [1.165, 1.54) is 30.3 Å². The Bertz CT molecular complexity index is 2060. The number of azo groups is 2. The number of carbonyl (C=O) groups is 1. The Kier molecular flexibility index (Phi) is 8.31. The molecule has 5 aromatic rings. The average Bonchev–Trinajstić information content (AvgIpc) is 2.98. The molecule has 0 atom stereocenters. The van der Waals surface area contributed by atoms with E-state index in [9.17, 15) is 33.1 Å². The largest absolute Gasteiger partial charge is 0.505 e. The van der Waals surface area contributed by atoms with Crippen molar-refractivity contribution in [2.24, 2.45) is 20.5 Å². The number of aromatic hydroxyl groups is 2. The Hall–Kier alpha value is -4.97. The SMILES string of the molecule is O=C(O)c1ccccc1N=Nc1c(S(=O)(=O)O)cc2cc(SOOO)c(N=Nc3cccc4ccccc34)c(O)c2c1O. The molecule has 0 spiro atoms. The number of nitrogens with zero attached hydrogens (tertiary/aromatic N) is 4. The number of phenolic OH excluding ortho intramolecular Hbond substituents is 2. The van der Waals surface area contributed by atoms with Gasteiger partial charge in [-0.15, -0.1) is 24.8 Å². The summed E-state index contributed by atoms with van der Waals surface area (Å²) in [4.78, 5) is 10.6. The molecule has 0 bridgehead atoms. The van der Waals surface area contributed by atoms with Crippen LogP contribution in [-0.2, 0) is 19.5 Å². The number of hydrogen-bond acceptors (Lipinski definition) is 13. The summed E-state index contributed by atoms with van der Waals surface area (Å²) < 4.78 is 39.0. The van der Waals surface area contributed by atoms with E-state index in [2.05, 4.69) is 29.8 Å². The third kappa shape index (κ3) is 6.00. The Morgan fingerprint density at radius 3 is 2.14 bits per heavy atom. The molecule has 5 N–H and O–H groups in total. The first-order valence-corrected chi connectivity index (χ1v) is 14.1. The molecule has 43 heavy (non-hydrogen) atoms. The van der Waals surface area contributed by atoms with E-state index in [0.717, 1.165) is 16.8 Å². The number of carboxylic acid groups (broad SMARTS) is 1. The van der Waals surface area contributed by atoms with Crippen LogP contribution in [0.3, 0.4) is 0 Å². The highest BCUT2D eigenvalue weighted by atomic mass is 32.2. The molecule has 5 rings (SSSR count). The summed E-state index contributed by atoms with van der Waals surface area (Å²) in [5, 5.41) is 61.2. The molecule has 218 valence electrons. The van der Waals surface area contributed by atoms with Gasteiger partial charge in [-0.1, -0.05) is 53.6 Å². The van der Waals surface area contributed by atoms with Gasteiger partial charge in [-0.25, -0.2) is 10.1 Å². The van der Waals surface area contributed by atoms with E-state index < -0.39 is 38.2 Å². The summed E-state index contributed by atoms with van der Waals surface area (Å²) >= 11 is 0.373. The molecule has 0 aliphatic carbocycles. The lowest BCUT2D eigenvalue weighted by molar-refractivity contribution is -0.432. The fraction of sp³-hybridized carbons (Fsp3) is 0. The van der Waals surface area contributed by atoms with Crippen LogP contribution < -0.4 is 0 Å². The van der Waals surface area contributed by atoms with Crippen LogP contribution in [0.5, 0.6) is 11.5 Å². The molecule has 0 saturated carbocycles. The lowest BCUT2D eigenvalue weighted by atomic mass is 10.1. The minimum atomic E-state index is -5.05. The van der Waals surface area contributed by atoms with Crippen molar-refractivity contribution < 1.29 is 47.7 Å². The van der Waals surface area contributed by atoms with E-state index in [-0.39, 0.29) is 32.6 Å². The number of phenols is 2. The van der Waals surface area contributed by atoms with Crippen LogP contribution in [0.4, 0.5) is 22.7 Å². The molecule has 0 saturated heterocycles. The first-order chi connectivity index (χ1) is 20.6. The quantitative estimate of drug-likeness (QED) is 0.0354. The lowest BCUT2D eigenvalue weighted by Gasteiger charge is -2.13. The van der Waals surface area contributed by atoms with Crippen molar-refractivity contribution in [3.63, 3.8) is 0 Å². The average molecular weight is 623 g/mol. The summed E-state index contributed by atoms with van der Waals surface area (Å²) in [6.45, 7) is 0. The second-order valence-electron chi connectivity index (χ2n) is 8.66. The molecule has 14 nitrogen and oxygen atoms in total. The molecule has 0 aromatic heterocycles. The zero-order valence-corrected chi connectivity index (χ0v) is 23.0. The van der Waals surface area contributed by atoms with Crippen molar-refractivity contribution >= 4 is 72.4 Å². The van der Waals surface area contributed by atoms with Gasteiger partial charge in [0.1, 0.15) is 22.0 Å². The Labute approximate surface area is 246 Å². The van der Waals surface area contributed by atoms with Gasteiger partial charge in [0, 0.05) is 5.39 Å². The maximum absolute atomic E-state index is 12.3. The van der Waals surface area contributed by atoms with Crippen LogP contribution in [-0.4, -0.2) is 39.5 Å². The number of fused-ring (bicyclic) bond motifs is 2. The molecule has 0 amide bonds. The van der Waals surface area contributed by atoms with Gasteiger partial charge >= 0.3 is 5.97 Å². The molecular weight excluding hydrogens is 604 g/mol. The van der Waals surface area contributed by atoms with Gasteiger partial charge in [0.15, 0.2) is 11.5 Å². The highest BCUT2D eigenvalue weighted by Crippen LogP contribution is 2.51. The molecule has 0 unspecified atom stereocenters. The highest BCUT2D eigenvalue weighted by molar-refractivity contribution is 7.94. The number of carboxylic acids is 1. The van der Waals surface area contributed by atoms with Crippen molar-refractivity contribution in [2.75, 3.05) is 0 Å². The van der Waals surface area contributed by atoms with Crippen LogP contribution in [0, 0.1) is 0 Å². The van der Waals surface area contributed by atoms with Gasteiger partial charge in [0.2, 0.25) is 0 Å². The predicted octanol–water partition coefficient (Wildman–Crippen LogP) is 7.61. The fourth-order valence-corrected chi connectivity index (χ4v) is 5.36. The fourth-order valence-electron chi connectivity index (χ4n) is 4.21. The third-order valence-electron chi connectivity index (χ3n) is 6.10. The van der Waals surface area contributed by atoms with Crippen molar-refractivity contribution in [1.29, 1.82) is 0 Å². The summed E-state index contributed by atoms with van der Waals surface area (Å²) in [6.07, 6.45) is 0. The predicted molar refractivity (Wildman–Crippen MR) is 153 cm³/mol. The maximum atomic E-state index is 12.3. The van der Waals surface area contributed by atoms with Crippen LogP contribution >= 0.6 is 12.0 Å². The van der Waals surface area contributed by atoms with E-state index >= 15 is 0 Å². The number of benzene rings is 5. The first-order valence-electron chi connectivity index (χ1n) is 11.9. The van der Waals surface area contributed by atoms with Gasteiger partial charge in [0.25, 0.3) is 10.1 Å². The minimum Gasteiger partial charge on any atom is -0.505 e. The Morgan fingerprint density at radius 2 is 1.40 bits per heavy atom. The molecule has 0 fully saturated rings. The van der Waals surface area contributed by atoms with Crippen LogP contribution in [0.1, 0.15) is 10.4 Å². The smallest absolute Gasteiger partial charge is 0.337 e. The van der Waals surface area contributed by atoms with Crippen molar-refractivity contribution in [1.82, 2.24) is 0 Å². The minimum absolute atomic E-state index is 0.0477. The van der Waals surface area contributed by atoms with Gasteiger partial charge in [-0.2, -0.15) is 8.42 Å². The highest BCUT2D eigenvalue weighted by Gasteiger charge is 2.26. The van der Waals surface area contributed by atoms with E-state index in [4.69, 9.17) is 5.26 Å². The number of aromatic carboxylic acids is 1. The number of hydrogen-bond donors (Lipinski definition) is 5. The van der Waals surface area contributed by atoms with Crippen molar-refractivity contribution in [2.45, 2.75) is 9.79 Å². The molecule has 0 aliphatic heterocycles. The second kappa shape index (κ2) is 12.1. The summed E-state index contributed by atoms with van der Waals surface area (Å²) in [5.74, 6) is -2.99. The second-order valence-corrected chi connectivity index (χ2v) is 10.8. The Balaban J connectivity index is 1.74.